The van der Waals surface area contributed by atoms with Crippen LogP contribution in [0, 0.1) is 6.92 Å². The maximum Gasteiger partial charge on any atom is 0.245 e. The van der Waals surface area contributed by atoms with Gasteiger partial charge >= 0.3 is 0 Å². The number of amides is 2. The lowest BCUT2D eigenvalue weighted by Gasteiger charge is -2.19. The molecule has 1 aliphatic rings. The van der Waals surface area contributed by atoms with Crippen LogP contribution in [-0.2, 0) is 9.59 Å². The fourth-order valence-electron chi connectivity index (χ4n) is 1.95. The largest absolute Gasteiger partial charge is 0.333 e. The Morgan fingerprint density at radius 3 is 3.06 bits per heavy atom. The Morgan fingerprint density at radius 2 is 2.33 bits per heavy atom. The number of thiazole rings is 1. The summed E-state index contributed by atoms with van der Waals surface area (Å²) in [5, 5.41) is 3.32. The number of likely N-dealkylation sites (tertiary alicyclic amines) is 1. The van der Waals surface area contributed by atoms with E-state index in [2.05, 4.69) is 10.3 Å². The fourth-order valence-corrected chi connectivity index (χ4v) is 2.63. The first-order valence-corrected chi connectivity index (χ1v) is 6.97. The number of hydrogen-bond donors (Lipinski definition) is 1. The Hall–Kier alpha value is -1.43. The van der Waals surface area contributed by atoms with E-state index in [1.165, 1.54) is 11.3 Å². The molecule has 98 valence electrons. The summed E-state index contributed by atoms with van der Waals surface area (Å²) >= 11 is 1.44. The van der Waals surface area contributed by atoms with Crippen molar-refractivity contribution in [2.75, 3.05) is 18.4 Å². The van der Waals surface area contributed by atoms with Crippen molar-refractivity contribution in [3.8, 4) is 0 Å². The highest BCUT2D eigenvalue weighted by Gasteiger charge is 2.19. The van der Waals surface area contributed by atoms with Crippen LogP contribution < -0.4 is 5.32 Å². The second-order valence-corrected chi connectivity index (χ2v) is 5.68. The van der Waals surface area contributed by atoms with E-state index < -0.39 is 0 Å². The molecular formula is C12H17N3O2S. The molecule has 1 N–H and O–H groups in total. The van der Waals surface area contributed by atoms with Crippen LogP contribution in [0.4, 0.5) is 5.13 Å². The van der Waals surface area contributed by atoms with Gasteiger partial charge in [0.1, 0.15) is 0 Å². The summed E-state index contributed by atoms with van der Waals surface area (Å²) in [6.07, 6.45) is 5.26. The van der Waals surface area contributed by atoms with Gasteiger partial charge in [-0.1, -0.05) is 6.42 Å². The topological polar surface area (TPSA) is 62.3 Å². The third-order valence-electron chi connectivity index (χ3n) is 2.87. The van der Waals surface area contributed by atoms with Gasteiger partial charge < -0.3 is 10.2 Å². The highest BCUT2D eigenvalue weighted by atomic mass is 32.1. The molecule has 0 spiro atoms. The molecule has 2 heterocycles. The van der Waals surface area contributed by atoms with E-state index in [-0.39, 0.29) is 18.4 Å². The highest BCUT2D eigenvalue weighted by Crippen LogP contribution is 2.16. The first-order chi connectivity index (χ1) is 8.65. The predicted octanol–water partition coefficient (Wildman–Crippen LogP) is 1.79. The van der Waals surface area contributed by atoms with Crippen LogP contribution in [0.1, 0.15) is 30.6 Å². The van der Waals surface area contributed by atoms with Crippen molar-refractivity contribution in [3.63, 3.8) is 0 Å². The molecule has 0 aliphatic carbocycles. The molecule has 1 aromatic rings. The molecule has 0 unspecified atom stereocenters. The van der Waals surface area contributed by atoms with E-state index in [0.717, 1.165) is 24.1 Å². The van der Waals surface area contributed by atoms with Crippen LogP contribution >= 0.6 is 11.3 Å². The molecule has 2 rings (SSSR count). The Bertz CT molecular complexity index is 444. The summed E-state index contributed by atoms with van der Waals surface area (Å²) in [5.41, 5.74) is 0. The van der Waals surface area contributed by atoms with Crippen molar-refractivity contribution < 1.29 is 9.59 Å². The normalized spacial score (nSPS) is 16.5. The summed E-state index contributed by atoms with van der Waals surface area (Å²) in [6, 6.07) is 0. The smallest absolute Gasteiger partial charge is 0.245 e. The summed E-state index contributed by atoms with van der Waals surface area (Å²) in [6.45, 7) is 2.76. The minimum Gasteiger partial charge on any atom is -0.333 e. The number of nitrogens with zero attached hydrogens (tertiary/aromatic N) is 2. The van der Waals surface area contributed by atoms with Gasteiger partial charge in [-0.2, -0.15) is 0 Å². The molecule has 18 heavy (non-hydrogen) atoms. The predicted molar refractivity (Wildman–Crippen MR) is 70.5 cm³/mol. The monoisotopic (exact) mass is 267 g/mol. The molecule has 1 aliphatic heterocycles. The van der Waals surface area contributed by atoms with Gasteiger partial charge in [0.2, 0.25) is 11.8 Å². The highest BCUT2D eigenvalue weighted by molar-refractivity contribution is 7.15. The lowest BCUT2D eigenvalue weighted by molar-refractivity contribution is -0.134. The van der Waals surface area contributed by atoms with Crippen molar-refractivity contribution in [3.05, 3.63) is 11.1 Å². The first-order valence-electron chi connectivity index (χ1n) is 6.15. The molecule has 6 heteroatoms. The van der Waals surface area contributed by atoms with E-state index in [1.807, 2.05) is 6.92 Å². The third kappa shape index (κ3) is 3.53. The van der Waals surface area contributed by atoms with Gasteiger partial charge in [0.15, 0.2) is 5.13 Å². The minimum absolute atomic E-state index is 0.0815. The SMILES string of the molecule is Cc1cnc(NC(=O)CN2CCCCCC2=O)s1. The molecule has 1 aromatic heterocycles. The van der Waals surface area contributed by atoms with Gasteiger partial charge in [-0.3, -0.25) is 9.59 Å². The Balaban J connectivity index is 1.88. The average molecular weight is 267 g/mol. The van der Waals surface area contributed by atoms with E-state index in [4.69, 9.17) is 0 Å². The maximum atomic E-state index is 11.8. The van der Waals surface area contributed by atoms with Crippen LogP contribution in [0.2, 0.25) is 0 Å². The van der Waals surface area contributed by atoms with Crippen LogP contribution in [0.5, 0.6) is 0 Å². The molecule has 2 amide bonds. The zero-order valence-corrected chi connectivity index (χ0v) is 11.3. The Kier molecular flexibility index (Phi) is 4.30. The summed E-state index contributed by atoms with van der Waals surface area (Å²) < 4.78 is 0. The molecule has 0 radical (unpaired) electrons. The molecule has 0 aromatic carbocycles. The van der Waals surface area contributed by atoms with Crippen LogP contribution in [0.15, 0.2) is 6.20 Å². The van der Waals surface area contributed by atoms with E-state index >= 15 is 0 Å². The Labute approximate surface area is 110 Å². The van der Waals surface area contributed by atoms with Crippen LogP contribution in [0.3, 0.4) is 0 Å². The quantitative estimate of drug-likeness (QED) is 0.908. The number of carbonyl (C=O) groups is 2. The number of nitrogens with one attached hydrogen (secondary N) is 1. The molecule has 0 bridgehead atoms. The van der Waals surface area contributed by atoms with Gasteiger partial charge in [-0.15, -0.1) is 11.3 Å². The van der Waals surface area contributed by atoms with Crippen molar-refractivity contribution in [2.45, 2.75) is 32.6 Å². The van der Waals surface area contributed by atoms with E-state index in [0.29, 0.717) is 18.1 Å². The number of carbonyl (C=O) groups excluding carboxylic acids is 2. The lowest BCUT2D eigenvalue weighted by atomic mass is 10.2. The maximum absolute atomic E-state index is 11.8. The van der Waals surface area contributed by atoms with Crippen molar-refractivity contribution in [1.82, 2.24) is 9.88 Å². The van der Waals surface area contributed by atoms with Crippen LogP contribution in [0.25, 0.3) is 0 Å². The van der Waals surface area contributed by atoms with Gasteiger partial charge in [0, 0.05) is 24.0 Å². The second kappa shape index (κ2) is 5.95. The van der Waals surface area contributed by atoms with E-state index in [1.54, 1.807) is 11.1 Å². The Morgan fingerprint density at radius 1 is 1.50 bits per heavy atom. The third-order valence-corrected chi connectivity index (χ3v) is 3.70. The molecule has 0 atom stereocenters. The summed E-state index contributed by atoms with van der Waals surface area (Å²) in [4.78, 5) is 30.3. The van der Waals surface area contributed by atoms with Crippen LogP contribution in [-0.4, -0.2) is 34.8 Å². The number of aryl methyl sites for hydroxylation is 1. The van der Waals surface area contributed by atoms with Gasteiger partial charge in [0.25, 0.3) is 0 Å². The molecule has 1 fully saturated rings. The number of aromatic nitrogens is 1. The van der Waals surface area contributed by atoms with Crippen molar-refractivity contribution >= 4 is 28.3 Å². The second-order valence-electron chi connectivity index (χ2n) is 4.45. The van der Waals surface area contributed by atoms with Crippen molar-refractivity contribution in [1.29, 1.82) is 0 Å². The molecule has 0 saturated carbocycles. The van der Waals surface area contributed by atoms with Gasteiger partial charge in [0.05, 0.1) is 6.54 Å². The molecule has 1 saturated heterocycles. The number of hydrogen-bond acceptors (Lipinski definition) is 4. The fraction of sp³-hybridized carbons (Fsp3) is 0.583. The molecular weight excluding hydrogens is 250 g/mol. The standard InChI is InChI=1S/C12H17N3O2S/c1-9-7-13-12(18-9)14-10(16)8-15-6-4-2-3-5-11(15)17/h7H,2-6,8H2,1H3,(H,13,14,16). The number of anilines is 1. The van der Waals surface area contributed by atoms with Crippen molar-refractivity contribution in [2.24, 2.45) is 0 Å². The van der Waals surface area contributed by atoms with Gasteiger partial charge in [-0.25, -0.2) is 4.98 Å². The summed E-state index contributed by atoms with van der Waals surface area (Å²) in [7, 11) is 0. The zero-order valence-electron chi connectivity index (χ0n) is 10.4. The first kappa shape index (κ1) is 13.0. The van der Waals surface area contributed by atoms with E-state index in [9.17, 15) is 9.59 Å². The number of rotatable bonds is 3. The minimum atomic E-state index is -0.167. The summed E-state index contributed by atoms with van der Waals surface area (Å²) in [5.74, 6) is -0.0856. The average Bonchev–Trinajstić information content (AvgIpc) is 2.61. The van der Waals surface area contributed by atoms with Gasteiger partial charge in [-0.05, 0) is 19.8 Å². The molecule has 5 nitrogen and oxygen atoms in total. The lowest BCUT2D eigenvalue weighted by Crippen LogP contribution is -2.37. The zero-order chi connectivity index (χ0) is 13.0.